The highest BCUT2D eigenvalue weighted by Crippen LogP contribution is 2.40. The Kier molecular flexibility index (Phi) is 2.65. The Bertz CT molecular complexity index is 443. The van der Waals surface area contributed by atoms with Gasteiger partial charge in [-0.05, 0) is 60.8 Å². The van der Waals surface area contributed by atoms with Crippen LogP contribution in [0.4, 0.5) is 5.69 Å². The fourth-order valence-electron chi connectivity index (χ4n) is 3.85. The predicted molar refractivity (Wildman–Crippen MR) is 74.1 cm³/mol. The van der Waals surface area contributed by atoms with Crippen LogP contribution >= 0.6 is 0 Å². The van der Waals surface area contributed by atoms with Crippen molar-refractivity contribution in [3.8, 4) is 0 Å². The van der Waals surface area contributed by atoms with Crippen LogP contribution in [0.5, 0.6) is 0 Å². The first-order chi connectivity index (χ1) is 8.18. The van der Waals surface area contributed by atoms with E-state index in [0.717, 1.165) is 0 Å². The molecule has 0 amide bonds. The van der Waals surface area contributed by atoms with Crippen molar-refractivity contribution in [2.45, 2.75) is 52.4 Å². The van der Waals surface area contributed by atoms with E-state index in [9.17, 15) is 0 Å². The molecule has 0 saturated carbocycles. The van der Waals surface area contributed by atoms with E-state index >= 15 is 0 Å². The van der Waals surface area contributed by atoms with Gasteiger partial charge in [-0.25, -0.2) is 0 Å². The molecule has 1 aromatic carbocycles. The van der Waals surface area contributed by atoms with Gasteiger partial charge in [0.25, 0.3) is 0 Å². The second-order valence-corrected chi connectivity index (χ2v) is 5.94. The Morgan fingerprint density at radius 2 is 1.82 bits per heavy atom. The summed E-state index contributed by atoms with van der Waals surface area (Å²) in [5.41, 5.74) is 8.08. The number of hydrogen-bond acceptors (Lipinski definition) is 1. The molecule has 0 radical (unpaired) electrons. The van der Waals surface area contributed by atoms with Crippen LogP contribution in [-0.2, 0) is 12.8 Å². The molecule has 2 aliphatic heterocycles. The molecule has 0 N–H and O–H groups in total. The van der Waals surface area contributed by atoms with Gasteiger partial charge in [0, 0.05) is 18.8 Å². The minimum absolute atomic E-state index is 0.664. The van der Waals surface area contributed by atoms with Crippen LogP contribution in [0.15, 0.2) is 6.07 Å². The van der Waals surface area contributed by atoms with Crippen molar-refractivity contribution in [1.29, 1.82) is 0 Å². The van der Waals surface area contributed by atoms with Crippen LogP contribution in [0, 0.1) is 6.92 Å². The third-order valence-corrected chi connectivity index (χ3v) is 4.35. The van der Waals surface area contributed by atoms with Gasteiger partial charge in [-0.3, -0.25) is 0 Å². The summed E-state index contributed by atoms with van der Waals surface area (Å²) in [6, 6.07) is 2.46. The minimum Gasteiger partial charge on any atom is -0.371 e. The Labute approximate surface area is 105 Å². The number of hydrogen-bond donors (Lipinski definition) is 0. The minimum atomic E-state index is 0.664. The lowest BCUT2D eigenvalue weighted by Crippen LogP contribution is -2.35. The highest BCUT2D eigenvalue weighted by Gasteiger charge is 2.27. The topological polar surface area (TPSA) is 3.24 Å². The standard InChI is InChI=1S/C16H23N/c1-11(2)15-12(3)10-13-6-4-8-17-9-5-7-14(15)16(13)17/h10-11H,4-9H2,1-3H3. The molecule has 0 aromatic heterocycles. The second kappa shape index (κ2) is 4.04. The highest BCUT2D eigenvalue weighted by atomic mass is 15.1. The number of benzene rings is 1. The average Bonchev–Trinajstić information content (AvgIpc) is 2.28. The van der Waals surface area contributed by atoms with Crippen molar-refractivity contribution in [3.05, 3.63) is 28.3 Å². The van der Waals surface area contributed by atoms with Gasteiger partial charge in [-0.2, -0.15) is 0 Å². The van der Waals surface area contributed by atoms with Crippen molar-refractivity contribution < 1.29 is 0 Å². The normalized spacial score (nSPS) is 18.5. The maximum Gasteiger partial charge on any atom is 0.0434 e. The third kappa shape index (κ3) is 1.67. The fraction of sp³-hybridized carbons (Fsp3) is 0.625. The monoisotopic (exact) mass is 229 g/mol. The van der Waals surface area contributed by atoms with Gasteiger partial charge in [0.2, 0.25) is 0 Å². The van der Waals surface area contributed by atoms with E-state index in [1.165, 1.54) is 44.3 Å². The molecule has 0 spiro atoms. The molecule has 0 atom stereocenters. The largest absolute Gasteiger partial charge is 0.371 e. The van der Waals surface area contributed by atoms with E-state index in [4.69, 9.17) is 0 Å². The molecular weight excluding hydrogens is 206 g/mol. The predicted octanol–water partition coefficient (Wildman–Crippen LogP) is 3.82. The summed E-state index contributed by atoms with van der Waals surface area (Å²) in [5.74, 6) is 0.664. The lowest BCUT2D eigenvalue weighted by atomic mass is 9.82. The number of anilines is 1. The summed E-state index contributed by atoms with van der Waals surface area (Å²) in [6.07, 6.45) is 5.27. The van der Waals surface area contributed by atoms with Gasteiger partial charge in [0.15, 0.2) is 0 Å². The zero-order valence-electron chi connectivity index (χ0n) is 11.3. The molecule has 1 heteroatoms. The molecule has 0 unspecified atom stereocenters. The summed E-state index contributed by atoms with van der Waals surface area (Å²) in [5, 5.41) is 0. The summed E-state index contributed by atoms with van der Waals surface area (Å²) in [7, 11) is 0. The van der Waals surface area contributed by atoms with Gasteiger partial charge in [-0.1, -0.05) is 19.9 Å². The maximum absolute atomic E-state index is 2.64. The molecule has 2 heterocycles. The van der Waals surface area contributed by atoms with E-state index < -0.39 is 0 Å². The maximum atomic E-state index is 2.64. The van der Waals surface area contributed by atoms with Crippen LogP contribution in [0.25, 0.3) is 0 Å². The number of aryl methyl sites for hydroxylation is 2. The zero-order valence-corrected chi connectivity index (χ0v) is 11.3. The molecule has 92 valence electrons. The van der Waals surface area contributed by atoms with Crippen LogP contribution in [0.1, 0.15) is 54.9 Å². The van der Waals surface area contributed by atoms with Gasteiger partial charge >= 0.3 is 0 Å². The lowest BCUT2D eigenvalue weighted by molar-refractivity contribution is 0.625. The van der Waals surface area contributed by atoms with Crippen molar-refractivity contribution in [3.63, 3.8) is 0 Å². The lowest BCUT2D eigenvalue weighted by Gasteiger charge is -2.39. The van der Waals surface area contributed by atoms with E-state index in [-0.39, 0.29) is 0 Å². The number of rotatable bonds is 1. The van der Waals surface area contributed by atoms with Gasteiger partial charge < -0.3 is 4.90 Å². The van der Waals surface area contributed by atoms with E-state index in [1.807, 2.05) is 0 Å². The van der Waals surface area contributed by atoms with Gasteiger partial charge in [-0.15, -0.1) is 0 Å². The first-order valence-electron chi connectivity index (χ1n) is 7.08. The first kappa shape index (κ1) is 11.1. The molecule has 1 nitrogen and oxygen atoms in total. The highest BCUT2D eigenvalue weighted by molar-refractivity contribution is 5.67. The molecule has 0 aliphatic carbocycles. The number of nitrogens with zero attached hydrogens (tertiary/aromatic N) is 1. The Morgan fingerprint density at radius 3 is 2.53 bits per heavy atom. The molecule has 3 rings (SSSR count). The first-order valence-corrected chi connectivity index (χ1v) is 7.08. The van der Waals surface area contributed by atoms with Crippen LogP contribution < -0.4 is 4.90 Å². The smallest absolute Gasteiger partial charge is 0.0434 e. The summed E-state index contributed by atoms with van der Waals surface area (Å²) in [6.45, 7) is 9.54. The zero-order chi connectivity index (χ0) is 12.0. The van der Waals surface area contributed by atoms with Crippen LogP contribution in [0.2, 0.25) is 0 Å². The van der Waals surface area contributed by atoms with E-state index in [2.05, 4.69) is 31.7 Å². The van der Waals surface area contributed by atoms with Crippen molar-refractivity contribution in [2.75, 3.05) is 18.0 Å². The Balaban J connectivity index is 2.24. The molecule has 1 aromatic rings. The van der Waals surface area contributed by atoms with Crippen molar-refractivity contribution in [2.24, 2.45) is 0 Å². The molecule has 2 aliphatic rings. The summed E-state index contributed by atoms with van der Waals surface area (Å²) in [4.78, 5) is 2.64. The quantitative estimate of drug-likeness (QED) is 0.707. The molecule has 0 saturated heterocycles. The Hall–Kier alpha value is -0.980. The summed E-state index contributed by atoms with van der Waals surface area (Å²) >= 11 is 0. The van der Waals surface area contributed by atoms with Crippen LogP contribution in [0.3, 0.4) is 0 Å². The second-order valence-electron chi connectivity index (χ2n) is 5.94. The van der Waals surface area contributed by atoms with Crippen molar-refractivity contribution >= 4 is 5.69 Å². The molecular formula is C16H23N. The Morgan fingerprint density at radius 1 is 1.12 bits per heavy atom. The van der Waals surface area contributed by atoms with Gasteiger partial charge in [0.05, 0.1) is 0 Å². The van der Waals surface area contributed by atoms with Crippen molar-refractivity contribution in [1.82, 2.24) is 0 Å². The van der Waals surface area contributed by atoms with E-state index in [1.54, 1.807) is 22.4 Å². The third-order valence-electron chi connectivity index (χ3n) is 4.35. The molecule has 0 bridgehead atoms. The fourth-order valence-corrected chi connectivity index (χ4v) is 3.85. The molecule has 0 fully saturated rings. The summed E-state index contributed by atoms with van der Waals surface area (Å²) < 4.78 is 0. The molecule has 17 heavy (non-hydrogen) atoms. The van der Waals surface area contributed by atoms with Crippen LogP contribution in [-0.4, -0.2) is 13.1 Å². The van der Waals surface area contributed by atoms with E-state index in [0.29, 0.717) is 5.92 Å². The average molecular weight is 229 g/mol. The SMILES string of the molecule is Cc1cc2c3c(c1C(C)C)CCCN3CCC2. The van der Waals surface area contributed by atoms with Gasteiger partial charge in [0.1, 0.15) is 0 Å².